The van der Waals surface area contributed by atoms with Crippen LogP contribution in [0.4, 0.5) is 0 Å². The van der Waals surface area contributed by atoms with Gasteiger partial charge in [-0.3, -0.25) is 4.79 Å². The highest BCUT2D eigenvalue weighted by atomic mass is 16.8. The molecule has 0 aromatic carbocycles. The molecular formula is C87H157NO18. The minimum atomic E-state index is -1.97. The highest BCUT2D eigenvalue weighted by Crippen LogP contribution is 2.33. The summed E-state index contributed by atoms with van der Waals surface area (Å²) in [5.74, 6) is -0.237. The third-order valence-corrected chi connectivity index (χ3v) is 21.3. The first-order valence-corrected chi connectivity index (χ1v) is 43.2. The molecule has 3 rings (SSSR count). The van der Waals surface area contributed by atoms with Gasteiger partial charge in [-0.1, -0.05) is 344 Å². The lowest BCUT2D eigenvalue weighted by molar-refractivity contribution is -0.379. The maximum atomic E-state index is 13.5. The van der Waals surface area contributed by atoms with Gasteiger partial charge >= 0.3 is 0 Å². The van der Waals surface area contributed by atoms with Gasteiger partial charge in [-0.2, -0.15) is 0 Å². The molecule has 3 heterocycles. The molecule has 0 aromatic heterocycles. The lowest BCUT2D eigenvalue weighted by atomic mass is 9.96. The van der Waals surface area contributed by atoms with Gasteiger partial charge in [0.05, 0.1) is 38.6 Å². The molecule has 3 aliphatic heterocycles. The van der Waals surface area contributed by atoms with E-state index < -0.39 is 124 Å². The smallest absolute Gasteiger partial charge is 0.220 e. The van der Waals surface area contributed by atoms with Crippen molar-refractivity contribution in [2.75, 3.05) is 26.4 Å². The number of rotatable bonds is 69. The fraction of sp³-hybridized carbons (Fsp3) is 0.851. The van der Waals surface area contributed by atoms with Gasteiger partial charge in [0, 0.05) is 6.42 Å². The Morgan fingerprint density at radius 1 is 0.349 bits per heavy atom. The molecule has 0 aromatic rings. The summed E-state index contributed by atoms with van der Waals surface area (Å²) in [5.41, 5.74) is 0. The number of aliphatic hydroxyl groups excluding tert-OH is 11. The molecule has 19 nitrogen and oxygen atoms in total. The number of allylic oxidation sites excluding steroid dienone is 12. The number of unbranched alkanes of at least 4 members (excludes halogenated alkanes) is 41. The van der Waals surface area contributed by atoms with E-state index in [-0.39, 0.29) is 18.9 Å². The van der Waals surface area contributed by atoms with Gasteiger partial charge in [-0.05, 0) is 64.2 Å². The summed E-state index contributed by atoms with van der Waals surface area (Å²) >= 11 is 0. The Morgan fingerprint density at radius 3 is 1.02 bits per heavy atom. The van der Waals surface area contributed by atoms with Crippen molar-refractivity contribution in [3.8, 4) is 0 Å². The van der Waals surface area contributed by atoms with Crippen LogP contribution in [-0.4, -0.2) is 193 Å². The number of ether oxygens (including phenoxy) is 6. The van der Waals surface area contributed by atoms with Crippen molar-refractivity contribution in [2.24, 2.45) is 0 Å². The molecule has 19 heteroatoms. The predicted octanol–water partition coefficient (Wildman–Crippen LogP) is 15.6. The number of carbonyl (C=O) groups is 1. The molecule has 1 amide bonds. The number of carbonyl (C=O) groups excluding carboxylic acids is 1. The quantitative estimate of drug-likeness (QED) is 0.0199. The summed E-state index contributed by atoms with van der Waals surface area (Å²) in [7, 11) is 0. The van der Waals surface area contributed by atoms with Gasteiger partial charge in [0.1, 0.15) is 73.2 Å². The number of aliphatic hydroxyl groups is 11. The minimum absolute atomic E-state index is 0.237. The topological polar surface area (TPSA) is 307 Å². The third-order valence-electron chi connectivity index (χ3n) is 21.3. The van der Waals surface area contributed by atoms with Crippen LogP contribution in [0.5, 0.6) is 0 Å². The van der Waals surface area contributed by atoms with Gasteiger partial charge in [-0.25, -0.2) is 0 Å². The Morgan fingerprint density at radius 2 is 0.651 bits per heavy atom. The SMILES string of the molecule is CC/C=C\C/C=C\C/C=C\C/C=C\C/C=C\C/C=C\CCCCCCCCCCCCCCCCCCCCCCCCC(=O)NC(COC1OC(CO)C(OC2OC(CO)C(OC3OC(CO)C(O)C(O)C3O)C(O)C2O)C(O)C1O)C(O)CCCCCCCCCCCCCCCCCCCCCC. The van der Waals surface area contributed by atoms with Crippen LogP contribution < -0.4 is 5.32 Å². The Bertz CT molecular complexity index is 2190. The second kappa shape index (κ2) is 66.8. The highest BCUT2D eigenvalue weighted by Gasteiger charge is 2.54. The molecule has 0 saturated carbocycles. The van der Waals surface area contributed by atoms with Crippen LogP contribution in [0.25, 0.3) is 0 Å². The van der Waals surface area contributed by atoms with E-state index in [1.54, 1.807) is 0 Å². The Labute approximate surface area is 642 Å². The van der Waals surface area contributed by atoms with E-state index in [4.69, 9.17) is 28.4 Å². The Kier molecular flexibility index (Phi) is 61.4. The Hall–Kier alpha value is -2.77. The fourth-order valence-corrected chi connectivity index (χ4v) is 14.4. The first-order valence-electron chi connectivity index (χ1n) is 43.2. The number of hydrogen-bond donors (Lipinski definition) is 12. The van der Waals surface area contributed by atoms with Crippen LogP contribution >= 0.6 is 0 Å². The molecule has 3 aliphatic rings. The lowest BCUT2D eigenvalue weighted by Gasteiger charge is -2.48. The molecule has 0 radical (unpaired) electrons. The lowest BCUT2D eigenvalue weighted by Crippen LogP contribution is -2.66. The van der Waals surface area contributed by atoms with Crippen LogP contribution in [0.1, 0.15) is 341 Å². The second-order valence-corrected chi connectivity index (χ2v) is 30.6. The van der Waals surface area contributed by atoms with E-state index in [0.717, 1.165) is 83.5 Å². The molecule has 0 spiro atoms. The number of hydrogen-bond acceptors (Lipinski definition) is 18. The predicted molar refractivity (Wildman–Crippen MR) is 425 cm³/mol. The van der Waals surface area contributed by atoms with E-state index in [0.29, 0.717) is 12.8 Å². The van der Waals surface area contributed by atoms with E-state index in [2.05, 4.69) is 92.1 Å². The zero-order valence-electron chi connectivity index (χ0n) is 66.4. The van der Waals surface area contributed by atoms with E-state index in [1.165, 1.54) is 225 Å². The van der Waals surface area contributed by atoms with Crippen molar-refractivity contribution in [2.45, 2.75) is 446 Å². The van der Waals surface area contributed by atoms with Crippen molar-refractivity contribution in [3.05, 3.63) is 72.9 Å². The maximum Gasteiger partial charge on any atom is 0.220 e. The third kappa shape index (κ3) is 45.7. The summed E-state index contributed by atoms with van der Waals surface area (Å²) in [4.78, 5) is 13.5. The van der Waals surface area contributed by atoms with Crippen molar-refractivity contribution < 1.29 is 89.4 Å². The molecule has 12 N–H and O–H groups in total. The largest absolute Gasteiger partial charge is 0.394 e. The molecule has 17 unspecified atom stereocenters. The summed E-state index contributed by atoms with van der Waals surface area (Å²) < 4.78 is 34.6. The van der Waals surface area contributed by atoms with E-state index >= 15 is 0 Å². The molecule has 3 saturated heterocycles. The Balaban J connectivity index is 1.29. The van der Waals surface area contributed by atoms with Crippen molar-refractivity contribution in [1.82, 2.24) is 5.32 Å². The minimum Gasteiger partial charge on any atom is -0.394 e. The second-order valence-electron chi connectivity index (χ2n) is 30.6. The maximum absolute atomic E-state index is 13.5. The molecule has 0 bridgehead atoms. The van der Waals surface area contributed by atoms with Gasteiger partial charge in [-0.15, -0.1) is 0 Å². The van der Waals surface area contributed by atoms with E-state index in [9.17, 15) is 61.0 Å². The van der Waals surface area contributed by atoms with Crippen molar-refractivity contribution in [3.63, 3.8) is 0 Å². The van der Waals surface area contributed by atoms with Gasteiger partial charge in [0.15, 0.2) is 18.9 Å². The first-order chi connectivity index (χ1) is 51.8. The van der Waals surface area contributed by atoms with Gasteiger partial charge in [0.25, 0.3) is 0 Å². The number of amides is 1. The normalized spacial score (nSPS) is 26.0. The molecule has 0 aliphatic carbocycles. The summed E-state index contributed by atoms with van der Waals surface area (Å²) in [6.45, 7) is 1.73. The fourth-order valence-electron chi connectivity index (χ4n) is 14.4. The standard InChI is InChI=1S/C87H157NO18/c1-3-5-7-9-11-13-15-17-19-21-23-25-26-27-28-29-30-31-32-33-34-35-36-37-38-39-40-41-42-43-44-45-47-49-51-53-55-57-59-61-63-65-75(93)88-70(71(92)64-62-60-58-56-54-52-50-48-46-24-22-20-18-16-14-12-10-8-6-4-2)69-101-85-81(99)78(96)83(73(67-90)103-85)106-87-82(100)79(97)84(74(68-91)104-87)105-86-80(98)77(95)76(94)72(66-89)102-86/h5,7,11,13,17,19,23,25,27-28,30-31,70-74,76-87,89-92,94-100H,3-4,6,8-10,12,14-16,18,20-22,24,26,29,32-69H2,1-2H3,(H,88,93)/b7-5-,13-11-,19-17-,25-23-,28-27-,31-30-. The van der Waals surface area contributed by atoms with Crippen LogP contribution in [-0.2, 0) is 33.2 Å². The zero-order chi connectivity index (χ0) is 76.7. The monoisotopic (exact) mass is 1500 g/mol. The van der Waals surface area contributed by atoms with Crippen molar-refractivity contribution in [1.29, 1.82) is 0 Å². The van der Waals surface area contributed by atoms with Crippen molar-refractivity contribution >= 4 is 5.91 Å². The summed E-state index contributed by atoms with van der Waals surface area (Å²) in [6, 6.07) is -0.889. The first kappa shape index (κ1) is 97.4. The average molecular weight is 1510 g/mol. The molecular weight excluding hydrogens is 1350 g/mol. The molecule has 618 valence electrons. The molecule has 17 atom stereocenters. The zero-order valence-corrected chi connectivity index (χ0v) is 66.4. The van der Waals surface area contributed by atoms with Gasteiger partial charge < -0.3 is 89.9 Å². The van der Waals surface area contributed by atoms with Crippen LogP contribution in [0, 0.1) is 0 Å². The van der Waals surface area contributed by atoms with Crippen LogP contribution in [0.3, 0.4) is 0 Å². The summed E-state index contributed by atoms with van der Waals surface area (Å²) in [5, 5.41) is 121. The molecule has 106 heavy (non-hydrogen) atoms. The molecule has 3 fully saturated rings. The van der Waals surface area contributed by atoms with Gasteiger partial charge in [0.2, 0.25) is 5.91 Å². The average Bonchev–Trinajstić information content (AvgIpc) is 0.780. The van der Waals surface area contributed by atoms with E-state index in [1.807, 2.05) is 0 Å². The summed E-state index contributed by atoms with van der Waals surface area (Å²) in [6.07, 6.45) is 61.5. The van der Waals surface area contributed by atoms with Crippen LogP contribution in [0.2, 0.25) is 0 Å². The number of nitrogens with one attached hydrogen (secondary N) is 1. The van der Waals surface area contributed by atoms with Crippen LogP contribution in [0.15, 0.2) is 72.9 Å². The highest BCUT2D eigenvalue weighted by molar-refractivity contribution is 5.76.